The molecule has 1 N–H and O–H groups in total. The summed E-state index contributed by atoms with van der Waals surface area (Å²) in [5.74, 6) is -1.46. The third kappa shape index (κ3) is 6.62. The van der Waals surface area contributed by atoms with Crippen molar-refractivity contribution >= 4 is 29.4 Å². The third-order valence-electron chi connectivity index (χ3n) is 3.24. The predicted octanol–water partition coefficient (Wildman–Crippen LogP) is 2.21. The lowest BCUT2D eigenvalue weighted by Crippen LogP contribution is -2.44. The van der Waals surface area contributed by atoms with E-state index in [2.05, 4.69) is 10.1 Å². The highest BCUT2D eigenvalue weighted by atomic mass is 35.5. The highest BCUT2D eigenvalue weighted by Gasteiger charge is 2.23. The first-order valence-electron chi connectivity index (χ1n) is 7.66. The number of rotatable bonds is 8. The molecule has 0 radical (unpaired) electrons. The van der Waals surface area contributed by atoms with Crippen LogP contribution in [0.3, 0.4) is 0 Å². The summed E-state index contributed by atoms with van der Waals surface area (Å²) >= 11 is 5.85. The van der Waals surface area contributed by atoms with Gasteiger partial charge in [0.15, 0.2) is 6.61 Å². The zero-order valence-corrected chi connectivity index (χ0v) is 15.4. The first-order chi connectivity index (χ1) is 11.8. The maximum atomic E-state index is 12.1. The van der Waals surface area contributed by atoms with Crippen molar-refractivity contribution in [2.75, 3.05) is 20.8 Å². The Morgan fingerprint density at radius 1 is 1.20 bits per heavy atom. The van der Waals surface area contributed by atoms with E-state index in [1.165, 1.54) is 26.4 Å². The van der Waals surface area contributed by atoms with Gasteiger partial charge in [-0.3, -0.25) is 4.79 Å². The van der Waals surface area contributed by atoms with E-state index in [1.54, 1.807) is 6.07 Å². The average Bonchev–Trinajstić information content (AvgIpc) is 2.57. The largest absolute Gasteiger partial charge is 0.496 e. The molecule has 1 aromatic rings. The normalized spacial score (nSPS) is 11.6. The second-order valence-corrected chi connectivity index (χ2v) is 6.13. The van der Waals surface area contributed by atoms with E-state index >= 15 is 0 Å². The van der Waals surface area contributed by atoms with Gasteiger partial charge in [0.05, 0.1) is 14.2 Å². The van der Waals surface area contributed by atoms with Crippen LogP contribution >= 0.6 is 11.6 Å². The van der Waals surface area contributed by atoms with E-state index in [1.807, 2.05) is 13.8 Å². The summed E-state index contributed by atoms with van der Waals surface area (Å²) in [6.45, 7) is 3.28. The monoisotopic (exact) mass is 371 g/mol. The molecule has 0 fully saturated rings. The fourth-order valence-corrected chi connectivity index (χ4v) is 2.28. The zero-order valence-electron chi connectivity index (χ0n) is 14.6. The van der Waals surface area contributed by atoms with E-state index in [-0.39, 0.29) is 17.2 Å². The number of benzene rings is 1. The van der Waals surface area contributed by atoms with Crippen molar-refractivity contribution in [1.82, 2.24) is 5.32 Å². The summed E-state index contributed by atoms with van der Waals surface area (Å²) in [6, 6.07) is 3.68. The molecular weight excluding hydrogens is 350 g/mol. The van der Waals surface area contributed by atoms with E-state index in [4.69, 9.17) is 21.1 Å². The molecule has 8 heteroatoms. The minimum absolute atomic E-state index is 0.106. The van der Waals surface area contributed by atoms with Gasteiger partial charge in [0.2, 0.25) is 0 Å². The zero-order chi connectivity index (χ0) is 19.0. The van der Waals surface area contributed by atoms with Crippen molar-refractivity contribution in [2.45, 2.75) is 26.3 Å². The average molecular weight is 372 g/mol. The maximum Gasteiger partial charge on any atom is 0.342 e. The number of amides is 1. The maximum absolute atomic E-state index is 12.1. The van der Waals surface area contributed by atoms with E-state index in [9.17, 15) is 14.4 Å². The van der Waals surface area contributed by atoms with Crippen LogP contribution in [0.5, 0.6) is 5.75 Å². The highest BCUT2D eigenvalue weighted by Crippen LogP contribution is 2.23. The fourth-order valence-electron chi connectivity index (χ4n) is 2.11. The van der Waals surface area contributed by atoms with E-state index in [0.29, 0.717) is 11.4 Å². The van der Waals surface area contributed by atoms with Crippen molar-refractivity contribution in [2.24, 2.45) is 5.92 Å². The third-order valence-corrected chi connectivity index (χ3v) is 3.48. The summed E-state index contributed by atoms with van der Waals surface area (Å²) in [5.41, 5.74) is 0.106. The lowest BCUT2D eigenvalue weighted by molar-refractivity contribution is -0.145. The molecule has 0 spiro atoms. The number of nitrogens with one attached hydrogen (secondary N) is 1. The minimum Gasteiger partial charge on any atom is -0.496 e. The summed E-state index contributed by atoms with van der Waals surface area (Å²) in [6.07, 6.45) is 0.411. The molecule has 25 heavy (non-hydrogen) atoms. The molecule has 0 saturated heterocycles. The number of esters is 2. The van der Waals surface area contributed by atoms with Crippen LogP contribution in [0.2, 0.25) is 5.02 Å². The molecule has 0 bridgehead atoms. The number of halogens is 1. The molecule has 1 atom stereocenters. The molecule has 0 aromatic heterocycles. The van der Waals surface area contributed by atoms with Crippen molar-refractivity contribution in [3.63, 3.8) is 0 Å². The molecule has 1 amide bonds. The lowest BCUT2D eigenvalue weighted by Gasteiger charge is -2.18. The van der Waals surface area contributed by atoms with Crippen LogP contribution in [0, 0.1) is 5.92 Å². The number of ether oxygens (including phenoxy) is 3. The Morgan fingerprint density at radius 3 is 2.44 bits per heavy atom. The van der Waals surface area contributed by atoms with Crippen LogP contribution in [0.25, 0.3) is 0 Å². The Kier molecular flexibility index (Phi) is 8.21. The topological polar surface area (TPSA) is 90.9 Å². The quantitative estimate of drug-likeness (QED) is 0.704. The minimum atomic E-state index is -0.795. The second kappa shape index (κ2) is 9.88. The Morgan fingerprint density at radius 2 is 1.88 bits per heavy atom. The predicted molar refractivity (Wildman–Crippen MR) is 91.7 cm³/mol. The Bertz CT molecular complexity index is 632. The molecule has 1 rings (SSSR count). The van der Waals surface area contributed by atoms with Crippen LogP contribution in [-0.4, -0.2) is 44.7 Å². The van der Waals surface area contributed by atoms with Crippen molar-refractivity contribution in [3.8, 4) is 5.75 Å². The van der Waals surface area contributed by atoms with Gasteiger partial charge in [-0.2, -0.15) is 0 Å². The summed E-state index contributed by atoms with van der Waals surface area (Å²) < 4.78 is 14.7. The molecule has 0 unspecified atom stereocenters. The highest BCUT2D eigenvalue weighted by molar-refractivity contribution is 6.31. The fraction of sp³-hybridized carbons (Fsp3) is 0.471. The van der Waals surface area contributed by atoms with Gasteiger partial charge in [-0.25, -0.2) is 9.59 Å². The number of carbonyl (C=O) groups excluding carboxylic acids is 3. The molecule has 1 aromatic carbocycles. The van der Waals surface area contributed by atoms with Gasteiger partial charge in [-0.15, -0.1) is 0 Å². The van der Waals surface area contributed by atoms with Gasteiger partial charge >= 0.3 is 11.9 Å². The smallest absolute Gasteiger partial charge is 0.342 e. The Labute approximate surface area is 151 Å². The number of carbonyl (C=O) groups is 3. The van der Waals surface area contributed by atoms with Crippen LogP contribution in [0.4, 0.5) is 0 Å². The number of hydrogen-bond acceptors (Lipinski definition) is 6. The number of hydrogen-bond donors (Lipinski definition) is 1. The SMILES string of the molecule is COC(=O)[C@H](CC(C)C)NC(=O)COC(=O)c1cc(Cl)ccc1OC. The van der Waals surface area contributed by atoms with E-state index in [0.717, 1.165) is 0 Å². The molecule has 138 valence electrons. The molecule has 0 aliphatic carbocycles. The Balaban J connectivity index is 2.67. The molecular formula is C17H22ClNO6. The summed E-state index contributed by atoms with van der Waals surface area (Å²) in [4.78, 5) is 35.7. The van der Waals surface area contributed by atoms with Crippen molar-refractivity contribution in [3.05, 3.63) is 28.8 Å². The standard InChI is InChI=1S/C17H22ClNO6/c1-10(2)7-13(17(22)24-4)19-15(20)9-25-16(21)12-8-11(18)5-6-14(12)23-3/h5-6,8,10,13H,7,9H2,1-4H3,(H,19,20)/t13-/m0/s1. The first-order valence-corrected chi connectivity index (χ1v) is 8.04. The van der Waals surface area contributed by atoms with Crippen molar-refractivity contribution < 1.29 is 28.6 Å². The van der Waals surface area contributed by atoms with Gasteiger partial charge in [-0.1, -0.05) is 25.4 Å². The second-order valence-electron chi connectivity index (χ2n) is 5.69. The van der Waals surface area contributed by atoms with Crippen molar-refractivity contribution in [1.29, 1.82) is 0 Å². The lowest BCUT2D eigenvalue weighted by atomic mass is 10.0. The summed E-state index contributed by atoms with van der Waals surface area (Å²) in [5, 5.41) is 2.83. The molecule has 0 aliphatic heterocycles. The van der Waals surface area contributed by atoms with E-state index < -0.39 is 30.5 Å². The van der Waals surface area contributed by atoms with Crippen LogP contribution < -0.4 is 10.1 Å². The van der Waals surface area contributed by atoms with Gasteiger partial charge < -0.3 is 19.5 Å². The molecule has 0 heterocycles. The first kappa shape index (κ1) is 20.8. The van der Waals surface area contributed by atoms with Gasteiger partial charge in [0.1, 0.15) is 17.4 Å². The number of methoxy groups -OCH3 is 2. The van der Waals surface area contributed by atoms with Gasteiger partial charge in [0.25, 0.3) is 5.91 Å². The van der Waals surface area contributed by atoms with Crippen LogP contribution in [0.1, 0.15) is 30.6 Å². The van der Waals surface area contributed by atoms with Gasteiger partial charge in [-0.05, 0) is 30.5 Å². The van der Waals surface area contributed by atoms with Gasteiger partial charge in [0, 0.05) is 5.02 Å². The molecule has 7 nitrogen and oxygen atoms in total. The Hall–Kier alpha value is -2.28. The van der Waals surface area contributed by atoms with Crippen LogP contribution in [-0.2, 0) is 19.1 Å². The summed E-state index contributed by atoms with van der Waals surface area (Å²) in [7, 11) is 2.65. The van der Waals surface area contributed by atoms with Crippen LogP contribution in [0.15, 0.2) is 18.2 Å². The molecule has 0 saturated carbocycles. The molecule has 0 aliphatic rings.